The Morgan fingerprint density at radius 1 is 1.38 bits per heavy atom. The highest BCUT2D eigenvalue weighted by Gasteiger charge is 2.03. The molecule has 3 nitrogen and oxygen atoms in total. The van der Waals surface area contributed by atoms with Crippen LogP contribution >= 0.6 is 0 Å². The summed E-state index contributed by atoms with van der Waals surface area (Å²) in [4.78, 5) is 0. The fraction of sp³-hybridized carbons (Fsp3) is 0.769. The monoisotopic (exact) mass is 223 g/mol. The molecule has 1 aromatic heterocycles. The maximum Gasteiger partial charge on any atom is 0.0534 e. The highest BCUT2D eigenvalue weighted by molar-refractivity contribution is 5.03. The second-order valence-corrected chi connectivity index (χ2v) is 5.11. The van der Waals surface area contributed by atoms with Crippen LogP contribution in [0.4, 0.5) is 0 Å². The first kappa shape index (κ1) is 13.2. The summed E-state index contributed by atoms with van der Waals surface area (Å²) < 4.78 is 2.06. The number of rotatable bonds is 7. The third kappa shape index (κ3) is 4.79. The molecule has 1 heterocycles. The summed E-state index contributed by atoms with van der Waals surface area (Å²) in [6.45, 7) is 12.0. The largest absolute Gasteiger partial charge is 0.312 e. The standard InChI is InChI=1S/C13H25N3/c1-5-12(4)9-16-10-13(8-15-16)7-14-6-11(2)3/h8,10-12,14H,5-7,9H2,1-4H3. The number of nitrogens with one attached hydrogen (secondary N) is 1. The van der Waals surface area contributed by atoms with Crippen LogP contribution < -0.4 is 5.32 Å². The van der Waals surface area contributed by atoms with E-state index in [9.17, 15) is 0 Å². The molecular weight excluding hydrogens is 198 g/mol. The molecule has 16 heavy (non-hydrogen) atoms. The molecule has 0 radical (unpaired) electrons. The fourth-order valence-electron chi connectivity index (χ4n) is 1.55. The molecule has 0 spiro atoms. The van der Waals surface area contributed by atoms with Gasteiger partial charge in [-0.3, -0.25) is 4.68 Å². The van der Waals surface area contributed by atoms with E-state index in [-0.39, 0.29) is 0 Å². The Balaban J connectivity index is 2.33. The second kappa shape index (κ2) is 6.69. The van der Waals surface area contributed by atoms with Crippen molar-refractivity contribution in [3.05, 3.63) is 18.0 Å². The molecular formula is C13H25N3. The van der Waals surface area contributed by atoms with E-state index >= 15 is 0 Å². The second-order valence-electron chi connectivity index (χ2n) is 5.11. The molecule has 1 unspecified atom stereocenters. The van der Waals surface area contributed by atoms with Crippen molar-refractivity contribution in [3.8, 4) is 0 Å². The molecule has 1 atom stereocenters. The lowest BCUT2D eigenvalue weighted by Gasteiger charge is -2.07. The Bertz CT molecular complexity index is 291. The molecule has 1 N–H and O–H groups in total. The van der Waals surface area contributed by atoms with Crippen LogP contribution in [-0.4, -0.2) is 16.3 Å². The summed E-state index contributed by atoms with van der Waals surface area (Å²) in [5.41, 5.74) is 1.28. The molecule has 0 amide bonds. The van der Waals surface area contributed by atoms with Crippen molar-refractivity contribution < 1.29 is 0 Å². The van der Waals surface area contributed by atoms with Gasteiger partial charge in [0, 0.05) is 24.8 Å². The van der Waals surface area contributed by atoms with Gasteiger partial charge >= 0.3 is 0 Å². The fourth-order valence-corrected chi connectivity index (χ4v) is 1.55. The predicted molar refractivity (Wildman–Crippen MR) is 68.2 cm³/mol. The van der Waals surface area contributed by atoms with Gasteiger partial charge in [0.25, 0.3) is 0 Å². The van der Waals surface area contributed by atoms with E-state index in [0.29, 0.717) is 11.8 Å². The molecule has 0 aromatic carbocycles. The Morgan fingerprint density at radius 3 is 2.75 bits per heavy atom. The first-order chi connectivity index (χ1) is 7.61. The van der Waals surface area contributed by atoms with Crippen LogP contribution in [0.2, 0.25) is 0 Å². The van der Waals surface area contributed by atoms with Gasteiger partial charge in [-0.05, 0) is 18.4 Å². The first-order valence-corrected chi connectivity index (χ1v) is 6.33. The van der Waals surface area contributed by atoms with E-state index in [1.54, 1.807) is 0 Å². The van der Waals surface area contributed by atoms with Crippen LogP contribution in [-0.2, 0) is 13.1 Å². The van der Waals surface area contributed by atoms with Crippen molar-refractivity contribution >= 4 is 0 Å². The van der Waals surface area contributed by atoms with Gasteiger partial charge in [0.2, 0.25) is 0 Å². The van der Waals surface area contributed by atoms with Gasteiger partial charge in [0.15, 0.2) is 0 Å². The Kier molecular flexibility index (Phi) is 5.53. The lowest BCUT2D eigenvalue weighted by molar-refractivity contribution is 0.438. The molecule has 1 aromatic rings. The summed E-state index contributed by atoms with van der Waals surface area (Å²) in [6, 6.07) is 0. The zero-order valence-electron chi connectivity index (χ0n) is 11.0. The van der Waals surface area contributed by atoms with Crippen molar-refractivity contribution in [2.24, 2.45) is 11.8 Å². The Hall–Kier alpha value is -0.830. The third-order valence-corrected chi connectivity index (χ3v) is 2.76. The van der Waals surface area contributed by atoms with Gasteiger partial charge in [-0.1, -0.05) is 34.1 Å². The summed E-state index contributed by atoms with van der Waals surface area (Å²) in [5, 5.41) is 7.81. The normalized spacial score (nSPS) is 13.3. The lowest BCUT2D eigenvalue weighted by atomic mass is 10.1. The van der Waals surface area contributed by atoms with Gasteiger partial charge in [0.05, 0.1) is 6.20 Å². The van der Waals surface area contributed by atoms with Gasteiger partial charge in [-0.2, -0.15) is 5.10 Å². The topological polar surface area (TPSA) is 29.9 Å². The highest BCUT2D eigenvalue weighted by Crippen LogP contribution is 2.05. The van der Waals surface area contributed by atoms with Crippen LogP contribution in [0.25, 0.3) is 0 Å². The minimum Gasteiger partial charge on any atom is -0.312 e. The van der Waals surface area contributed by atoms with Crippen LogP contribution in [0.5, 0.6) is 0 Å². The SMILES string of the molecule is CCC(C)Cn1cc(CNCC(C)C)cn1. The molecule has 0 saturated heterocycles. The molecule has 1 rings (SSSR count). The number of aromatic nitrogens is 2. The quantitative estimate of drug-likeness (QED) is 0.770. The zero-order chi connectivity index (χ0) is 12.0. The van der Waals surface area contributed by atoms with Gasteiger partial charge < -0.3 is 5.32 Å². The Labute approximate surface area is 99.2 Å². The number of nitrogens with zero attached hydrogens (tertiary/aromatic N) is 2. The van der Waals surface area contributed by atoms with E-state index in [0.717, 1.165) is 19.6 Å². The van der Waals surface area contributed by atoms with Crippen molar-refractivity contribution in [2.45, 2.75) is 47.2 Å². The zero-order valence-corrected chi connectivity index (χ0v) is 11.0. The molecule has 0 aliphatic carbocycles. The van der Waals surface area contributed by atoms with Gasteiger partial charge in [-0.15, -0.1) is 0 Å². The van der Waals surface area contributed by atoms with E-state index in [1.807, 2.05) is 6.20 Å². The highest BCUT2D eigenvalue weighted by atomic mass is 15.3. The minimum atomic E-state index is 0.704. The van der Waals surface area contributed by atoms with Gasteiger partial charge in [0.1, 0.15) is 0 Å². The van der Waals surface area contributed by atoms with Crippen LogP contribution in [0.15, 0.2) is 12.4 Å². The summed E-state index contributed by atoms with van der Waals surface area (Å²) in [7, 11) is 0. The van der Waals surface area contributed by atoms with E-state index in [1.165, 1.54) is 12.0 Å². The van der Waals surface area contributed by atoms with E-state index in [4.69, 9.17) is 0 Å². The van der Waals surface area contributed by atoms with Crippen LogP contribution in [0.3, 0.4) is 0 Å². The maximum atomic E-state index is 4.38. The first-order valence-electron chi connectivity index (χ1n) is 6.33. The van der Waals surface area contributed by atoms with Crippen molar-refractivity contribution in [1.82, 2.24) is 15.1 Å². The molecule has 0 fully saturated rings. The van der Waals surface area contributed by atoms with Crippen molar-refractivity contribution in [2.75, 3.05) is 6.54 Å². The van der Waals surface area contributed by atoms with Crippen molar-refractivity contribution in [3.63, 3.8) is 0 Å². The van der Waals surface area contributed by atoms with E-state index < -0.39 is 0 Å². The van der Waals surface area contributed by atoms with E-state index in [2.05, 4.69) is 49.0 Å². The number of hydrogen-bond acceptors (Lipinski definition) is 2. The third-order valence-electron chi connectivity index (χ3n) is 2.76. The van der Waals surface area contributed by atoms with Gasteiger partial charge in [-0.25, -0.2) is 0 Å². The lowest BCUT2D eigenvalue weighted by Crippen LogP contribution is -2.18. The molecule has 3 heteroatoms. The Morgan fingerprint density at radius 2 is 2.12 bits per heavy atom. The predicted octanol–water partition coefficient (Wildman–Crippen LogP) is 2.67. The smallest absolute Gasteiger partial charge is 0.0534 e. The average molecular weight is 223 g/mol. The summed E-state index contributed by atoms with van der Waals surface area (Å²) in [6.07, 6.45) is 5.33. The molecule has 0 saturated carbocycles. The summed E-state index contributed by atoms with van der Waals surface area (Å²) in [5.74, 6) is 1.41. The van der Waals surface area contributed by atoms with Crippen LogP contribution in [0, 0.1) is 11.8 Å². The van der Waals surface area contributed by atoms with Crippen LogP contribution in [0.1, 0.15) is 39.7 Å². The maximum absolute atomic E-state index is 4.38. The average Bonchev–Trinajstić information content (AvgIpc) is 2.65. The summed E-state index contributed by atoms with van der Waals surface area (Å²) >= 11 is 0. The molecule has 0 aliphatic rings. The molecule has 0 aliphatic heterocycles. The molecule has 92 valence electrons. The number of hydrogen-bond donors (Lipinski definition) is 1. The molecule has 0 bridgehead atoms. The van der Waals surface area contributed by atoms with Crippen molar-refractivity contribution in [1.29, 1.82) is 0 Å². The minimum absolute atomic E-state index is 0.704.